The van der Waals surface area contributed by atoms with E-state index in [-0.39, 0.29) is 28.8 Å². The summed E-state index contributed by atoms with van der Waals surface area (Å²) in [6.45, 7) is 3.35. The van der Waals surface area contributed by atoms with E-state index in [0.29, 0.717) is 12.8 Å². The van der Waals surface area contributed by atoms with Gasteiger partial charge in [0, 0.05) is 44.2 Å². The molecule has 0 radical (unpaired) electrons. The van der Waals surface area contributed by atoms with E-state index in [1.165, 1.54) is 11.0 Å². The molecule has 0 unspecified atom stereocenters. The van der Waals surface area contributed by atoms with Crippen LogP contribution in [0, 0.1) is 11.3 Å². The Morgan fingerprint density at radius 1 is 1.17 bits per heavy atom. The highest BCUT2D eigenvalue weighted by molar-refractivity contribution is 5.81. The minimum Gasteiger partial charge on any atom is -0.390 e. The smallest absolute Gasteiger partial charge is 0.390 e. The Morgan fingerprint density at radius 3 is 2.27 bits per heavy atom. The predicted molar refractivity (Wildman–Crippen MR) is 109 cm³/mol. The molecule has 3 aliphatic rings. The number of carbonyl (C=O) groups is 1. The molecule has 1 aromatic rings. The van der Waals surface area contributed by atoms with Crippen molar-refractivity contribution < 1.29 is 23.1 Å². The van der Waals surface area contributed by atoms with Gasteiger partial charge in [-0.1, -0.05) is 6.07 Å². The van der Waals surface area contributed by atoms with Gasteiger partial charge in [0.1, 0.15) is 0 Å². The number of rotatable bonds is 3. The molecule has 1 spiro atoms. The molecule has 0 aromatic heterocycles. The fourth-order valence-electron chi connectivity index (χ4n) is 5.65. The summed E-state index contributed by atoms with van der Waals surface area (Å²) in [5, 5.41) is 9.86. The second-order valence-corrected chi connectivity index (χ2v) is 10.2. The zero-order valence-electron chi connectivity index (χ0n) is 17.9. The summed E-state index contributed by atoms with van der Waals surface area (Å²) in [5.41, 5.74) is 0.0946. The Morgan fingerprint density at radius 2 is 1.77 bits per heavy atom. The second-order valence-electron chi connectivity index (χ2n) is 10.2. The lowest BCUT2D eigenvalue weighted by atomic mass is 9.63. The topological polar surface area (TPSA) is 43.8 Å². The van der Waals surface area contributed by atoms with Crippen molar-refractivity contribution in [2.24, 2.45) is 11.3 Å². The highest BCUT2D eigenvalue weighted by Gasteiger charge is 2.51. The Bertz CT molecular complexity index is 810. The zero-order chi connectivity index (χ0) is 21.9. The summed E-state index contributed by atoms with van der Waals surface area (Å²) >= 11 is 0. The lowest BCUT2D eigenvalue weighted by Crippen LogP contribution is -2.62. The standard InChI is InChI=1S/C23H31F3N2O2/c1-21(30)11-17(12-21)20(29)28-13-22(14-28)8-6-15(7-9-22)16-4-5-18(23(24,25)26)19(10-16)27(2)3/h4-5,10,15,17,30H,6-9,11-14H2,1-3H3/t17-,21+. The van der Waals surface area contributed by atoms with Crippen LogP contribution in [0.5, 0.6) is 0 Å². The lowest BCUT2D eigenvalue weighted by molar-refractivity contribution is -0.163. The van der Waals surface area contributed by atoms with Crippen molar-refractivity contribution in [2.75, 3.05) is 32.1 Å². The molecule has 2 saturated carbocycles. The SMILES string of the molecule is CN(C)c1cc(C2CCC3(CC2)CN(C(=O)[C@H]2C[C@@](C)(O)C2)C3)ccc1C(F)(F)F. The van der Waals surface area contributed by atoms with Gasteiger partial charge in [0.15, 0.2) is 0 Å². The largest absolute Gasteiger partial charge is 0.418 e. The number of hydrogen-bond acceptors (Lipinski definition) is 3. The van der Waals surface area contributed by atoms with Gasteiger partial charge in [0.25, 0.3) is 0 Å². The highest BCUT2D eigenvalue weighted by Crippen LogP contribution is 2.50. The predicted octanol–water partition coefficient (Wildman–Crippen LogP) is 4.42. The number of benzene rings is 1. The van der Waals surface area contributed by atoms with Crippen LogP contribution in [0.1, 0.15) is 62.5 Å². The maximum Gasteiger partial charge on any atom is 0.418 e. The quantitative estimate of drug-likeness (QED) is 0.781. The molecule has 4 rings (SSSR count). The Hall–Kier alpha value is -1.76. The lowest BCUT2D eigenvalue weighted by Gasteiger charge is -2.55. The molecule has 7 heteroatoms. The van der Waals surface area contributed by atoms with Crippen molar-refractivity contribution in [3.8, 4) is 0 Å². The number of carbonyl (C=O) groups excluding carboxylic acids is 1. The van der Waals surface area contributed by atoms with E-state index in [1.807, 2.05) is 4.90 Å². The molecule has 2 aliphatic carbocycles. The van der Waals surface area contributed by atoms with Crippen LogP contribution in [0.2, 0.25) is 0 Å². The van der Waals surface area contributed by atoms with E-state index < -0.39 is 17.3 Å². The number of amides is 1. The molecule has 30 heavy (non-hydrogen) atoms. The summed E-state index contributed by atoms with van der Waals surface area (Å²) in [7, 11) is 3.29. The number of hydrogen-bond donors (Lipinski definition) is 1. The average molecular weight is 425 g/mol. The van der Waals surface area contributed by atoms with E-state index >= 15 is 0 Å². The third-order valence-electron chi connectivity index (χ3n) is 7.41. The fraction of sp³-hybridized carbons (Fsp3) is 0.696. The first-order valence-corrected chi connectivity index (χ1v) is 10.8. The Labute approximate surface area is 176 Å². The van der Waals surface area contributed by atoms with Gasteiger partial charge in [0.05, 0.1) is 11.2 Å². The van der Waals surface area contributed by atoms with Gasteiger partial charge in [-0.05, 0) is 69.1 Å². The van der Waals surface area contributed by atoms with Gasteiger partial charge in [-0.15, -0.1) is 0 Å². The van der Waals surface area contributed by atoms with Crippen LogP contribution in [0.3, 0.4) is 0 Å². The van der Waals surface area contributed by atoms with Crippen molar-refractivity contribution >= 4 is 11.6 Å². The molecule has 0 bridgehead atoms. The minimum absolute atomic E-state index is 0.0368. The summed E-state index contributed by atoms with van der Waals surface area (Å²) in [6, 6.07) is 4.55. The first-order valence-electron chi connectivity index (χ1n) is 10.8. The van der Waals surface area contributed by atoms with Gasteiger partial charge < -0.3 is 14.9 Å². The van der Waals surface area contributed by atoms with Crippen LogP contribution >= 0.6 is 0 Å². The van der Waals surface area contributed by atoms with Gasteiger partial charge in [0.2, 0.25) is 5.91 Å². The number of halogens is 3. The van der Waals surface area contributed by atoms with Crippen molar-refractivity contribution in [1.29, 1.82) is 0 Å². The summed E-state index contributed by atoms with van der Waals surface area (Å²) in [4.78, 5) is 16.0. The molecule has 1 heterocycles. The highest BCUT2D eigenvalue weighted by atomic mass is 19.4. The van der Waals surface area contributed by atoms with Crippen LogP contribution in [-0.4, -0.2) is 48.7 Å². The number of likely N-dealkylation sites (tertiary alicyclic amines) is 1. The van der Waals surface area contributed by atoms with Gasteiger partial charge in [-0.25, -0.2) is 0 Å². The second kappa shape index (κ2) is 7.14. The van der Waals surface area contributed by atoms with Crippen LogP contribution in [0.25, 0.3) is 0 Å². The van der Waals surface area contributed by atoms with Crippen LogP contribution < -0.4 is 4.90 Å². The van der Waals surface area contributed by atoms with E-state index in [0.717, 1.165) is 44.3 Å². The molecule has 0 atom stereocenters. The van der Waals surface area contributed by atoms with Gasteiger partial charge >= 0.3 is 6.18 Å². The summed E-state index contributed by atoms with van der Waals surface area (Å²) in [5.74, 6) is 0.404. The molecule has 1 N–H and O–H groups in total. The number of aliphatic hydroxyl groups is 1. The third-order valence-corrected chi connectivity index (χ3v) is 7.41. The fourth-order valence-corrected chi connectivity index (χ4v) is 5.65. The van der Waals surface area contributed by atoms with E-state index in [9.17, 15) is 23.1 Å². The number of alkyl halides is 3. The van der Waals surface area contributed by atoms with Crippen molar-refractivity contribution in [2.45, 2.75) is 63.1 Å². The molecular formula is C23H31F3N2O2. The van der Waals surface area contributed by atoms with E-state index in [2.05, 4.69) is 0 Å². The molecule has 1 amide bonds. The van der Waals surface area contributed by atoms with Crippen molar-refractivity contribution in [3.63, 3.8) is 0 Å². The van der Waals surface area contributed by atoms with Crippen LogP contribution in [0.15, 0.2) is 18.2 Å². The molecule has 1 aliphatic heterocycles. The van der Waals surface area contributed by atoms with E-state index in [1.54, 1.807) is 33.2 Å². The monoisotopic (exact) mass is 424 g/mol. The van der Waals surface area contributed by atoms with Crippen molar-refractivity contribution in [3.05, 3.63) is 29.3 Å². The number of nitrogens with zero attached hydrogens (tertiary/aromatic N) is 2. The Kier molecular flexibility index (Phi) is 5.11. The third kappa shape index (κ3) is 3.93. The zero-order valence-corrected chi connectivity index (χ0v) is 17.9. The van der Waals surface area contributed by atoms with Crippen LogP contribution in [-0.2, 0) is 11.0 Å². The van der Waals surface area contributed by atoms with E-state index in [4.69, 9.17) is 0 Å². The normalized spacial score (nSPS) is 28.8. The van der Waals surface area contributed by atoms with Crippen molar-refractivity contribution in [1.82, 2.24) is 4.90 Å². The maximum atomic E-state index is 13.3. The average Bonchev–Trinajstić information content (AvgIpc) is 2.62. The van der Waals surface area contributed by atoms with Gasteiger partial charge in [-0.2, -0.15) is 13.2 Å². The number of anilines is 1. The summed E-state index contributed by atoms with van der Waals surface area (Å²) in [6.07, 6.45) is 0.644. The summed E-state index contributed by atoms with van der Waals surface area (Å²) < 4.78 is 39.9. The minimum atomic E-state index is -4.36. The molecule has 4 nitrogen and oxygen atoms in total. The van der Waals surface area contributed by atoms with Crippen LogP contribution in [0.4, 0.5) is 18.9 Å². The Balaban J connectivity index is 1.35. The molecule has 1 saturated heterocycles. The first kappa shape index (κ1) is 21.5. The molecule has 1 aromatic carbocycles. The first-order chi connectivity index (χ1) is 13.9. The molecular weight excluding hydrogens is 393 g/mol. The van der Waals surface area contributed by atoms with Gasteiger partial charge in [-0.3, -0.25) is 4.79 Å². The maximum absolute atomic E-state index is 13.3. The molecule has 3 fully saturated rings. The molecule has 166 valence electrons.